The van der Waals surface area contributed by atoms with Crippen LogP contribution in [0.1, 0.15) is 47.1 Å². The molecular formula is C23H37ClFN3O2. The largest absolute Gasteiger partial charge is 0.391 e. The number of nitrogens with two attached hydrogens (primary N) is 1. The van der Waals surface area contributed by atoms with Crippen molar-refractivity contribution >= 4 is 30.3 Å². The SMILES string of the molecule is C=CC.C=N/C=C(/C=C(\C)c1c(F)cccc1Cl)C(C)NC=O.CC(C)(C)O.CN. The average molecular weight is 442 g/mol. The normalized spacial score (nSPS) is 11.8. The molecule has 0 radical (unpaired) electrons. The summed E-state index contributed by atoms with van der Waals surface area (Å²) < 4.78 is 13.8. The number of aliphatic hydroxyl groups is 1. The first-order chi connectivity index (χ1) is 13.9. The summed E-state index contributed by atoms with van der Waals surface area (Å²) in [6.07, 6.45) is 5.58. The monoisotopic (exact) mass is 441 g/mol. The summed E-state index contributed by atoms with van der Waals surface area (Å²) in [7, 11) is 1.50. The first-order valence-electron chi connectivity index (χ1n) is 9.28. The maximum atomic E-state index is 13.8. The molecule has 1 rings (SSSR count). The lowest BCUT2D eigenvalue weighted by Gasteiger charge is -2.13. The zero-order valence-corrected chi connectivity index (χ0v) is 19.9. The molecule has 0 fully saturated rings. The third kappa shape index (κ3) is 17.8. The van der Waals surface area contributed by atoms with Gasteiger partial charge in [-0.15, -0.1) is 6.58 Å². The Balaban J connectivity index is -0.000000613. The van der Waals surface area contributed by atoms with E-state index in [1.807, 2.05) is 6.92 Å². The van der Waals surface area contributed by atoms with Crippen molar-refractivity contribution in [2.75, 3.05) is 7.05 Å². The van der Waals surface area contributed by atoms with E-state index in [4.69, 9.17) is 16.7 Å². The number of amides is 1. The third-order valence-corrected chi connectivity index (χ3v) is 3.11. The van der Waals surface area contributed by atoms with E-state index in [1.54, 1.807) is 58.9 Å². The van der Waals surface area contributed by atoms with Crippen molar-refractivity contribution in [1.29, 1.82) is 0 Å². The fraction of sp³-hybridized carbons (Fsp3) is 0.391. The van der Waals surface area contributed by atoms with Crippen LogP contribution in [0.25, 0.3) is 5.57 Å². The van der Waals surface area contributed by atoms with Crippen molar-refractivity contribution in [1.82, 2.24) is 5.32 Å². The second kappa shape index (κ2) is 18.7. The number of rotatable bonds is 6. The van der Waals surface area contributed by atoms with Crippen molar-refractivity contribution in [3.05, 3.63) is 65.1 Å². The molecular weight excluding hydrogens is 405 g/mol. The molecule has 5 nitrogen and oxygen atoms in total. The highest BCUT2D eigenvalue weighted by atomic mass is 35.5. The maximum Gasteiger partial charge on any atom is 0.207 e. The molecule has 0 saturated heterocycles. The number of carbonyl (C=O) groups is 1. The lowest BCUT2D eigenvalue weighted by Crippen LogP contribution is -2.25. The minimum absolute atomic E-state index is 0.265. The van der Waals surface area contributed by atoms with E-state index in [0.29, 0.717) is 28.1 Å². The van der Waals surface area contributed by atoms with E-state index in [9.17, 15) is 9.18 Å². The highest BCUT2D eigenvalue weighted by Gasteiger charge is 2.11. The molecule has 4 N–H and O–H groups in total. The van der Waals surface area contributed by atoms with E-state index >= 15 is 0 Å². The van der Waals surface area contributed by atoms with E-state index in [1.165, 1.54) is 19.3 Å². The second-order valence-corrected chi connectivity index (χ2v) is 7.23. The number of allylic oxidation sites excluding steroid dienone is 2. The van der Waals surface area contributed by atoms with Crippen LogP contribution in [0.15, 0.2) is 53.7 Å². The highest BCUT2D eigenvalue weighted by molar-refractivity contribution is 6.32. The predicted molar refractivity (Wildman–Crippen MR) is 129 cm³/mol. The van der Waals surface area contributed by atoms with Crippen LogP contribution in [0.2, 0.25) is 5.02 Å². The quantitative estimate of drug-likeness (QED) is 0.247. The summed E-state index contributed by atoms with van der Waals surface area (Å²) >= 11 is 6.02. The van der Waals surface area contributed by atoms with Gasteiger partial charge in [-0.25, -0.2) is 4.39 Å². The smallest absolute Gasteiger partial charge is 0.207 e. The average Bonchev–Trinajstić information content (AvgIpc) is 2.62. The van der Waals surface area contributed by atoms with E-state index in [0.717, 1.165) is 0 Å². The molecule has 0 saturated carbocycles. The number of aliphatic imine (C=N–C) groups is 1. The highest BCUT2D eigenvalue weighted by Crippen LogP contribution is 2.27. The van der Waals surface area contributed by atoms with Crippen LogP contribution in [-0.2, 0) is 4.79 Å². The Morgan fingerprint density at radius 2 is 1.83 bits per heavy atom. The van der Waals surface area contributed by atoms with Crippen molar-refractivity contribution < 1.29 is 14.3 Å². The fourth-order valence-corrected chi connectivity index (χ4v) is 2.09. The van der Waals surface area contributed by atoms with Crippen molar-refractivity contribution in [3.8, 4) is 0 Å². The zero-order valence-electron chi connectivity index (χ0n) is 19.2. The summed E-state index contributed by atoms with van der Waals surface area (Å²) in [6.45, 7) is 17.4. The zero-order chi connectivity index (χ0) is 24.3. The summed E-state index contributed by atoms with van der Waals surface area (Å²) in [4.78, 5) is 14.2. The predicted octanol–water partition coefficient (Wildman–Crippen LogP) is 5.15. The topological polar surface area (TPSA) is 87.7 Å². The Morgan fingerprint density at radius 1 is 1.37 bits per heavy atom. The Morgan fingerprint density at radius 3 is 2.20 bits per heavy atom. The summed E-state index contributed by atoms with van der Waals surface area (Å²) in [5.41, 5.74) is 5.67. The molecule has 0 bridgehead atoms. The Kier molecular flexibility index (Phi) is 20.2. The van der Waals surface area contributed by atoms with Crippen LogP contribution in [0, 0.1) is 5.82 Å². The van der Waals surface area contributed by atoms with Gasteiger partial charge >= 0.3 is 0 Å². The number of halogens is 2. The molecule has 7 heteroatoms. The number of benzene rings is 1. The molecule has 0 spiro atoms. The molecule has 0 heterocycles. The van der Waals surface area contributed by atoms with Gasteiger partial charge in [0.2, 0.25) is 6.41 Å². The van der Waals surface area contributed by atoms with Gasteiger partial charge in [0.25, 0.3) is 0 Å². The molecule has 30 heavy (non-hydrogen) atoms. The molecule has 1 unspecified atom stereocenters. The van der Waals surface area contributed by atoms with Gasteiger partial charge in [0.1, 0.15) is 5.82 Å². The molecule has 0 aliphatic carbocycles. The van der Waals surface area contributed by atoms with Crippen LogP contribution in [0.3, 0.4) is 0 Å². The minimum atomic E-state index is -0.500. The Hall–Kier alpha value is -2.28. The van der Waals surface area contributed by atoms with Gasteiger partial charge in [-0.05, 0) is 78.6 Å². The first kappa shape index (κ1) is 32.4. The van der Waals surface area contributed by atoms with Crippen LogP contribution in [0.4, 0.5) is 4.39 Å². The standard InChI is InChI=1S/C15H16ClFN2O.C4H10O.C3H6.CH5N/c1-10(15-13(16)5-4-6-14(15)17)7-12(8-18-3)11(2)19-9-20;1-4(2,3)5;1-3-2;1-2/h4-9,11H,3H2,1-2H3,(H,19,20);5H,1-3H3;3H,1H2,2H3;2H2,1H3/b10-7+,12-8-;;;. The van der Waals surface area contributed by atoms with E-state index < -0.39 is 11.4 Å². The van der Waals surface area contributed by atoms with E-state index in [2.05, 4.69) is 29.3 Å². The van der Waals surface area contributed by atoms with Crippen molar-refractivity contribution in [2.24, 2.45) is 10.7 Å². The van der Waals surface area contributed by atoms with Gasteiger partial charge in [-0.3, -0.25) is 9.79 Å². The summed E-state index contributed by atoms with van der Waals surface area (Å²) in [5, 5.41) is 11.5. The lowest BCUT2D eigenvalue weighted by molar-refractivity contribution is -0.109. The molecule has 0 aliphatic heterocycles. The molecule has 1 aromatic rings. The molecule has 1 atom stereocenters. The molecule has 0 aliphatic rings. The Labute approximate surface area is 186 Å². The van der Waals surface area contributed by atoms with Gasteiger partial charge in [-0.2, -0.15) is 0 Å². The molecule has 170 valence electrons. The van der Waals surface area contributed by atoms with Crippen LogP contribution < -0.4 is 11.1 Å². The van der Waals surface area contributed by atoms with Crippen molar-refractivity contribution in [2.45, 2.75) is 53.2 Å². The third-order valence-electron chi connectivity index (χ3n) is 2.80. The van der Waals surface area contributed by atoms with Gasteiger partial charge in [-0.1, -0.05) is 29.8 Å². The minimum Gasteiger partial charge on any atom is -0.391 e. The lowest BCUT2D eigenvalue weighted by atomic mass is 10.0. The van der Waals surface area contributed by atoms with Gasteiger partial charge in [0.15, 0.2) is 0 Å². The molecule has 1 amide bonds. The number of hydrogen-bond donors (Lipinski definition) is 3. The number of hydrogen-bond acceptors (Lipinski definition) is 4. The van der Waals surface area contributed by atoms with Gasteiger partial charge in [0, 0.05) is 11.8 Å². The first-order valence-corrected chi connectivity index (χ1v) is 9.66. The number of nitrogens with one attached hydrogen (secondary N) is 1. The van der Waals surface area contributed by atoms with Gasteiger partial charge < -0.3 is 16.2 Å². The number of carbonyl (C=O) groups excluding carboxylic acids is 1. The molecule has 0 aromatic heterocycles. The van der Waals surface area contributed by atoms with Crippen LogP contribution >= 0.6 is 11.6 Å². The summed E-state index contributed by atoms with van der Waals surface area (Å²) in [6, 6.07) is 4.26. The second-order valence-electron chi connectivity index (χ2n) is 6.82. The van der Waals surface area contributed by atoms with Gasteiger partial charge in [0.05, 0.1) is 16.7 Å². The Bertz CT molecular complexity index is 670. The molecule has 1 aromatic carbocycles. The van der Waals surface area contributed by atoms with Crippen LogP contribution in [-0.4, -0.2) is 36.9 Å². The van der Waals surface area contributed by atoms with E-state index in [-0.39, 0.29) is 6.04 Å². The van der Waals surface area contributed by atoms with Crippen LogP contribution in [0.5, 0.6) is 0 Å². The number of nitrogens with zero attached hydrogens (tertiary/aromatic N) is 1. The maximum absolute atomic E-state index is 13.8. The van der Waals surface area contributed by atoms with Crippen molar-refractivity contribution in [3.63, 3.8) is 0 Å². The fourth-order valence-electron chi connectivity index (χ4n) is 1.77. The summed E-state index contributed by atoms with van der Waals surface area (Å²) in [5.74, 6) is -0.395.